The van der Waals surface area contributed by atoms with Gasteiger partial charge in [-0.1, -0.05) is 60.5 Å². The Kier molecular flexibility index (Phi) is 3.75. The Morgan fingerprint density at radius 1 is 1.12 bits per heavy atom. The monoisotopic (exact) mass is 237 g/mol. The molecule has 0 aliphatic rings. The zero-order valence-corrected chi connectivity index (χ0v) is 12.6. The smallest absolute Gasteiger partial charge is 0.143 e. The van der Waals surface area contributed by atoms with Gasteiger partial charge in [-0.15, -0.1) is 0 Å². The number of hydrogen-bond donors (Lipinski definition) is 0. The lowest BCUT2D eigenvalue weighted by Gasteiger charge is -2.28. The molecule has 0 bridgehead atoms. The molecule has 1 rings (SSSR count). The van der Waals surface area contributed by atoms with Gasteiger partial charge in [0, 0.05) is 16.9 Å². The van der Waals surface area contributed by atoms with E-state index in [1.54, 1.807) is 0 Å². The highest BCUT2D eigenvalue weighted by atomic mass is 16.5. The minimum Gasteiger partial charge on any atom is -0.361 e. The summed E-state index contributed by atoms with van der Waals surface area (Å²) in [6, 6.07) is 0. The molecule has 0 N–H and O–H groups in total. The van der Waals surface area contributed by atoms with E-state index in [4.69, 9.17) is 4.52 Å². The first-order chi connectivity index (χ1) is 7.61. The summed E-state index contributed by atoms with van der Waals surface area (Å²) in [6.07, 6.45) is 1.09. The minimum absolute atomic E-state index is 0.0401. The van der Waals surface area contributed by atoms with Gasteiger partial charge in [0.1, 0.15) is 5.76 Å². The molecule has 2 nitrogen and oxygen atoms in total. The Morgan fingerprint density at radius 2 is 1.65 bits per heavy atom. The van der Waals surface area contributed by atoms with Crippen LogP contribution in [-0.4, -0.2) is 5.16 Å². The van der Waals surface area contributed by atoms with Crippen LogP contribution in [0.4, 0.5) is 0 Å². The van der Waals surface area contributed by atoms with Gasteiger partial charge in [0.15, 0.2) is 0 Å². The molecule has 0 fully saturated rings. The van der Waals surface area contributed by atoms with Gasteiger partial charge in [-0.2, -0.15) is 0 Å². The summed E-state index contributed by atoms with van der Waals surface area (Å²) in [4.78, 5) is 0. The zero-order chi connectivity index (χ0) is 13.4. The Balaban J connectivity index is 3.46. The molecular weight excluding hydrogens is 210 g/mol. The fraction of sp³-hybridized carbons (Fsp3) is 0.800. The maximum atomic E-state index is 5.62. The Morgan fingerprint density at radius 3 is 2.00 bits per heavy atom. The molecule has 0 aliphatic carbocycles. The quantitative estimate of drug-likeness (QED) is 0.756. The predicted octanol–water partition coefficient (Wildman–Crippen LogP) is 4.78. The summed E-state index contributed by atoms with van der Waals surface area (Å²) in [5.74, 6) is 1.45. The molecule has 0 aliphatic heterocycles. The number of aromatic nitrogens is 1. The first-order valence-electron chi connectivity index (χ1n) is 6.61. The van der Waals surface area contributed by atoms with Crippen LogP contribution in [0.3, 0.4) is 0 Å². The molecule has 1 aromatic rings. The van der Waals surface area contributed by atoms with Crippen LogP contribution in [0, 0.1) is 0 Å². The second-order valence-corrected chi connectivity index (χ2v) is 6.91. The number of nitrogens with zero attached hydrogens (tertiary/aromatic N) is 1. The Hall–Kier alpha value is -0.790. The van der Waals surface area contributed by atoms with E-state index in [2.05, 4.69) is 60.5 Å². The van der Waals surface area contributed by atoms with E-state index in [0.29, 0.717) is 5.92 Å². The van der Waals surface area contributed by atoms with Gasteiger partial charge in [0.2, 0.25) is 0 Å². The molecule has 1 heterocycles. The van der Waals surface area contributed by atoms with Gasteiger partial charge in [-0.25, -0.2) is 0 Å². The summed E-state index contributed by atoms with van der Waals surface area (Å²) >= 11 is 0. The first-order valence-corrected chi connectivity index (χ1v) is 6.61. The average Bonchev–Trinajstić information content (AvgIpc) is 2.61. The molecule has 0 radical (unpaired) electrons. The molecule has 0 amide bonds. The third-order valence-electron chi connectivity index (χ3n) is 3.51. The van der Waals surface area contributed by atoms with Gasteiger partial charge < -0.3 is 4.52 Å². The Bertz CT molecular complexity index is 380. The van der Waals surface area contributed by atoms with Crippen molar-refractivity contribution in [2.45, 2.75) is 78.6 Å². The third-order valence-corrected chi connectivity index (χ3v) is 3.51. The molecule has 98 valence electrons. The summed E-state index contributed by atoms with van der Waals surface area (Å²) in [5, 5.41) is 4.35. The van der Waals surface area contributed by atoms with Crippen molar-refractivity contribution in [2.75, 3.05) is 0 Å². The van der Waals surface area contributed by atoms with E-state index in [1.807, 2.05) is 0 Å². The van der Waals surface area contributed by atoms with Crippen LogP contribution in [0.2, 0.25) is 0 Å². The van der Waals surface area contributed by atoms with Crippen molar-refractivity contribution in [1.82, 2.24) is 5.16 Å². The van der Waals surface area contributed by atoms with E-state index < -0.39 is 0 Å². The molecule has 0 atom stereocenters. The van der Waals surface area contributed by atoms with Gasteiger partial charge in [-0.05, 0) is 11.8 Å². The van der Waals surface area contributed by atoms with Gasteiger partial charge in [0.25, 0.3) is 0 Å². The predicted molar refractivity (Wildman–Crippen MR) is 72.6 cm³/mol. The minimum atomic E-state index is 0.0401. The highest BCUT2D eigenvalue weighted by Crippen LogP contribution is 2.40. The second-order valence-electron chi connectivity index (χ2n) is 6.91. The van der Waals surface area contributed by atoms with Crippen LogP contribution in [0.25, 0.3) is 0 Å². The standard InChI is InChI=1S/C15H27NO/c1-9-15(7,8)11-12(10(2)3)17-16-13(11)14(4,5)6/h10H,9H2,1-8H3. The molecule has 1 aromatic heterocycles. The number of hydrogen-bond acceptors (Lipinski definition) is 2. The highest BCUT2D eigenvalue weighted by Gasteiger charge is 2.35. The first kappa shape index (κ1) is 14.3. The van der Waals surface area contributed by atoms with Crippen LogP contribution in [0.5, 0.6) is 0 Å². The van der Waals surface area contributed by atoms with Crippen molar-refractivity contribution in [3.63, 3.8) is 0 Å². The van der Waals surface area contributed by atoms with Crippen LogP contribution in [0.1, 0.15) is 84.7 Å². The normalized spacial score (nSPS) is 13.5. The van der Waals surface area contributed by atoms with Crippen molar-refractivity contribution in [3.05, 3.63) is 17.0 Å². The van der Waals surface area contributed by atoms with Crippen molar-refractivity contribution in [1.29, 1.82) is 0 Å². The summed E-state index contributed by atoms with van der Waals surface area (Å²) in [7, 11) is 0. The van der Waals surface area contributed by atoms with Crippen molar-refractivity contribution in [2.24, 2.45) is 0 Å². The van der Waals surface area contributed by atoms with Gasteiger partial charge in [0.05, 0.1) is 5.69 Å². The molecule has 17 heavy (non-hydrogen) atoms. The summed E-state index contributed by atoms with van der Waals surface area (Å²) < 4.78 is 5.62. The molecule has 0 spiro atoms. The fourth-order valence-corrected chi connectivity index (χ4v) is 2.04. The van der Waals surface area contributed by atoms with Crippen molar-refractivity contribution < 1.29 is 4.52 Å². The molecule has 0 aromatic carbocycles. The van der Waals surface area contributed by atoms with E-state index in [9.17, 15) is 0 Å². The van der Waals surface area contributed by atoms with E-state index in [-0.39, 0.29) is 10.8 Å². The number of rotatable bonds is 3. The lowest BCUT2D eigenvalue weighted by molar-refractivity contribution is 0.352. The average molecular weight is 237 g/mol. The SMILES string of the molecule is CCC(C)(C)c1c(C(C)(C)C)noc1C(C)C. The van der Waals surface area contributed by atoms with Crippen LogP contribution in [-0.2, 0) is 10.8 Å². The summed E-state index contributed by atoms with van der Waals surface area (Å²) in [6.45, 7) is 17.7. The maximum absolute atomic E-state index is 5.62. The zero-order valence-electron chi connectivity index (χ0n) is 12.6. The van der Waals surface area contributed by atoms with Crippen LogP contribution >= 0.6 is 0 Å². The lowest BCUT2D eigenvalue weighted by Crippen LogP contribution is -2.24. The van der Waals surface area contributed by atoms with Crippen LogP contribution < -0.4 is 0 Å². The molecular formula is C15H27NO. The second kappa shape index (κ2) is 4.47. The highest BCUT2D eigenvalue weighted by molar-refractivity contribution is 5.36. The van der Waals surface area contributed by atoms with Gasteiger partial charge >= 0.3 is 0 Å². The molecule has 0 saturated heterocycles. The maximum Gasteiger partial charge on any atom is 0.143 e. The van der Waals surface area contributed by atoms with E-state index in [0.717, 1.165) is 17.9 Å². The van der Waals surface area contributed by atoms with Crippen molar-refractivity contribution in [3.8, 4) is 0 Å². The fourth-order valence-electron chi connectivity index (χ4n) is 2.04. The van der Waals surface area contributed by atoms with Crippen LogP contribution in [0.15, 0.2) is 4.52 Å². The van der Waals surface area contributed by atoms with Gasteiger partial charge in [-0.3, -0.25) is 0 Å². The largest absolute Gasteiger partial charge is 0.361 e. The van der Waals surface area contributed by atoms with E-state index in [1.165, 1.54) is 5.56 Å². The van der Waals surface area contributed by atoms with E-state index >= 15 is 0 Å². The molecule has 0 unspecified atom stereocenters. The molecule has 0 saturated carbocycles. The molecule has 2 heteroatoms. The summed E-state index contributed by atoms with van der Waals surface area (Å²) in [5.41, 5.74) is 2.61. The topological polar surface area (TPSA) is 26.0 Å². The Labute approximate surface area is 106 Å². The van der Waals surface area contributed by atoms with Crippen molar-refractivity contribution >= 4 is 0 Å². The lowest BCUT2D eigenvalue weighted by atomic mass is 9.74. The third kappa shape index (κ3) is 2.72.